The summed E-state index contributed by atoms with van der Waals surface area (Å²) in [6.45, 7) is 4.69. The lowest BCUT2D eigenvalue weighted by molar-refractivity contribution is 0.117. The normalized spacial score (nSPS) is 26.9. The predicted molar refractivity (Wildman–Crippen MR) is 84.7 cm³/mol. The molecule has 2 atom stereocenters. The van der Waals surface area contributed by atoms with Crippen molar-refractivity contribution in [3.05, 3.63) is 35.4 Å². The molecule has 3 rings (SSSR count). The largest absolute Gasteiger partial charge is 0.323 e. The molecule has 2 unspecified atom stereocenters. The molecule has 2 N–H and O–H groups in total. The van der Waals surface area contributed by atoms with Gasteiger partial charge in [0.2, 0.25) is 0 Å². The number of benzene rings is 1. The number of likely N-dealkylation sites (N-methyl/N-ethyl adjacent to an activating group) is 1. The minimum Gasteiger partial charge on any atom is -0.323 e. The summed E-state index contributed by atoms with van der Waals surface area (Å²) in [5, 5.41) is 0. The maximum atomic E-state index is 6.66. The van der Waals surface area contributed by atoms with Gasteiger partial charge in [-0.3, -0.25) is 4.90 Å². The van der Waals surface area contributed by atoms with Crippen molar-refractivity contribution in [1.29, 1.82) is 0 Å². The third-order valence-electron chi connectivity index (χ3n) is 5.37. The van der Waals surface area contributed by atoms with Crippen LogP contribution in [0.4, 0.5) is 0 Å². The van der Waals surface area contributed by atoms with Crippen LogP contribution in [0.5, 0.6) is 0 Å². The van der Waals surface area contributed by atoms with Gasteiger partial charge in [0.05, 0.1) is 0 Å². The van der Waals surface area contributed by atoms with E-state index in [0.717, 1.165) is 12.5 Å². The van der Waals surface area contributed by atoms with Gasteiger partial charge < -0.3 is 5.73 Å². The monoisotopic (exact) mass is 272 g/mol. The zero-order chi connectivity index (χ0) is 13.9. The van der Waals surface area contributed by atoms with Gasteiger partial charge in [-0.05, 0) is 55.7 Å². The molecule has 1 aromatic carbocycles. The minimum absolute atomic E-state index is 0.189. The number of rotatable bonds is 4. The van der Waals surface area contributed by atoms with Gasteiger partial charge >= 0.3 is 0 Å². The Hall–Kier alpha value is -0.860. The van der Waals surface area contributed by atoms with Crippen LogP contribution in [0.15, 0.2) is 24.3 Å². The maximum absolute atomic E-state index is 6.66. The van der Waals surface area contributed by atoms with Gasteiger partial charge in [0, 0.05) is 18.6 Å². The first-order chi connectivity index (χ1) is 9.79. The molecular formula is C18H28N2. The molecule has 2 aliphatic carbocycles. The van der Waals surface area contributed by atoms with Crippen LogP contribution in [0.3, 0.4) is 0 Å². The molecule has 1 fully saturated rings. The first kappa shape index (κ1) is 14.1. The topological polar surface area (TPSA) is 29.3 Å². The van der Waals surface area contributed by atoms with Crippen molar-refractivity contribution >= 4 is 0 Å². The number of hydrogen-bond acceptors (Lipinski definition) is 2. The Morgan fingerprint density at radius 1 is 1.15 bits per heavy atom. The molecule has 1 aromatic rings. The molecule has 20 heavy (non-hydrogen) atoms. The summed E-state index contributed by atoms with van der Waals surface area (Å²) in [4.78, 5) is 2.66. The van der Waals surface area contributed by atoms with Gasteiger partial charge in [-0.25, -0.2) is 0 Å². The lowest BCUT2D eigenvalue weighted by Crippen LogP contribution is -2.45. The zero-order valence-electron chi connectivity index (χ0n) is 12.7. The number of aryl methyl sites for hydroxylation is 1. The van der Waals surface area contributed by atoms with Crippen LogP contribution < -0.4 is 5.73 Å². The molecule has 0 heterocycles. The van der Waals surface area contributed by atoms with E-state index in [-0.39, 0.29) is 6.04 Å². The summed E-state index contributed by atoms with van der Waals surface area (Å²) < 4.78 is 0. The van der Waals surface area contributed by atoms with E-state index in [9.17, 15) is 0 Å². The molecule has 0 aromatic heterocycles. The Balaban J connectivity index is 1.77. The fraction of sp³-hybridized carbons (Fsp3) is 0.667. The standard InChI is InChI=1S/C18H28N2/c1-2-20(13-14-7-5-8-14)17-12-6-10-15-9-3-4-11-16(15)18(17)19/h3-4,9,11,14,17-18H,2,5-8,10,12-13,19H2,1H3. The van der Waals surface area contributed by atoms with Crippen LogP contribution >= 0.6 is 0 Å². The fourth-order valence-electron chi connectivity index (χ4n) is 3.89. The van der Waals surface area contributed by atoms with Crippen LogP contribution in [0, 0.1) is 5.92 Å². The van der Waals surface area contributed by atoms with E-state index < -0.39 is 0 Å². The summed E-state index contributed by atoms with van der Waals surface area (Å²) in [5.74, 6) is 0.931. The summed E-state index contributed by atoms with van der Waals surface area (Å²) in [7, 11) is 0. The zero-order valence-corrected chi connectivity index (χ0v) is 12.7. The first-order valence-electron chi connectivity index (χ1n) is 8.37. The van der Waals surface area contributed by atoms with Crippen LogP contribution in [-0.4, -0.2) is 24.0 Å². The van der Waals surface area contributed by atoms with E-state index in [0.29, 0.717) is 6.04 Å². The van der Waals surface area contributed by atoms with Crippen LogP contribution in [0.1, 0.15) is 56.2 Å². The van der Waals surface area contributed by atoms with E-state index in [1.54, 1.807) is 0 Å². The molecule has 0 spiro atoms. The van der Waals surface area contributed by atoms with E-state index >= 15 is 0 Å². The Morgan fingerprint density at radius 2 is 1.95 bits per heavy atom. The van der Waals surface area contributed by atoms with Gasteiger partial charge in [-0.1, -0.05) is 37.6 Å². The number of hydrogen-bond donors (Lipinski definition) is 1. The van der Waals surface area contributed by atoms with Gasteiger partial charge in [0.25, 0.3) is 0 Å². The van der Waals surface area contributed by atoms with Crippen molar-refractivity contribution in [2.45, 2.75) is 57.5 Å². The van der Waals surface area contributed by atoms with Crippen molar-refractivity contribution in [2.24, 2.45) is 11.7 Å². The second-order valence-corrected chi connectivity index (χ2v) is 6.57. The molecule has 2 aliphatic rings. The smallest absolute Gasteiger partial charge is 0.0455 e. The minimum atomic E-state index is 0.189. The highest BCUT2D eigenvalue weighted by Crippen LogP contribution is 2.33. The highest BCUT2D eigenvalue weighted by Gasteiger charge is 2.31. The highest BCUT2D eigenvalue weighted by molar-refractivity contribution is 5.32. The summed E-state index contributed by atoms with van der Waals surface area (Å²) in [6.07, 6.45) is 8.00. The quantitative estimate of drug-likeness (QED) is 0.850. The summed E-state index contributed by atoms with van der Waals surface area (Å²) >= 11 is 0. The number of fused-ring (bicyclic) bond motifs is 1. The highest BCUT2D eigenvalue weighted by atomic mass is 15.2. The van der Waals surface area contributed by atoms with Crippen molar-refractivity contribution in [3.63, 3.8) is 0 Å². The average molecular weight is 272 g/mol. The van der Waals surface area contributed by atoms with Crippen molar-refractivity contribution < 1.29 is 0 Å². The molecule has 0 saturated heterocycles. The lowest BCUT2D eigenvalue weighted by Gasteiger charge is -2.39. The molecule has 0 aliphatic heterocycles. The lowest BCUT2D eigenvalue weighted by atomic mass is 9.84. The molecule has 2 heteroatoms. The number of nitrogens with zero attached hydrogens (tertiary/aromatic N) is 1. The van der Waals surface area contributed by atoms with E-state index in [1.807, 2.05) is 0 Å². The maximum Gasteiger partial charge on any atom is 0.0455 e. The average Bonchev–Trinajstić information content (AvgIpc) is 2.59. The summed E-state index contributed by atoms with van der Waals surface area (Å²) in [6, 6.07) is 9.52. The molecule has 2 nitrogen and oxygen atoms in total. The SMILES string of the molecule is CCN(CC1CCC1)C1CCCc2ccccc2C1N. The van der Waals surface area contributed by atoms with Crippen LogP contribution in [0.2, 0.25) is 0 Å². The van der Waals surface area contributed by atoms with E-state index in [4.69, 9.17) is 5.73 Å². The van der Waals surface area contributed by atoms with Gasteiger partial charge in [-0.2, -0.15) is 0 Å². The number of nitrogens with two attached hydrogens (primary N) is 1. The predicted octanol–water partition coefficient (Wildman–Crippen LogP) is 3.51. The van der Waals surface area contributed by atoms with Gasteiger partial charge in [-0.15, -0.1) is 0 Å². The molecule has 1 saturated carbocycles. The van der Waals surface area contributed by atoms with Crippen molar-refractivity contribution in [2.75, 3.05) is 13.1 Å². The third kappa shape index (κ3) is 2.77. The van der Waals surface area contributed by atoms with Crippen molar-refractivity contribution in [3.8, 4) is 0 Å². The fourth-order valence-corrected chi connectivity index (χ4v) is 3.89. The van der Waals surface area contributed by atoms with Crippen LogP contribution in [-0.2, 0) is 6.42 Å². The van der Waals surface area contributed by atoms with Crippen LogP contribution in [0.25, 0.3) is 0 Å². The van der Waals surface area contributed by atoms with E-state index in [2.05, 4.69) is 36.1 Å². The molecule has 0 bridgehead atoms. The van der Waals surface area contributed by atoms with Gasteiger partial charge in [0.1, 0.15) is 0 Å². The Labute approximate surface area is 123 Å². The summed E-state index contributed by atoms with van der Waals surface area (Å²) in [5.41, 5.74) is 9.53. The first-order valence-corrected chi connectivity index (χ1v) is 8.37. The van der Waals surface area contributed by atoms with Gasteiger partial charge in [0.15, 0.2) is 0 Å². The molecule has 110 valence electrons. The Kier molecular flexibility index (Phi) is 4.42. The second kappa shape index (κ2) is 6.28. The van der Waals surface area contributed by atoms with E-state index in [1.165, 1.54) is 56.2 Å². The Bertz CT molecular complexity index is 439. The van der Waals surface area contributed by atoms with Crippen molar-refractivity contribution in [1.82, 2.24) is 4.90 Å². The second-order valence-electron chi connectivity index (χ2n) is 6.57. The molecular weight excluding hydrogens is 244 g/mol. The Morgan fingerprint density at radius 3 is 2.65 bits per heavy atom. The third-order valence-corrected chi connectivity index (χ3v) is 5.37. The molecule has 0 radical (unpaired) electrons. The molecule has 0 amide bonds.